The highest BCUT2D eigenvalue weighted by atomic mass is 19.2. The van der Waals surface area contributed by atoms with Gasteiger partial charge in [-0.25, -0.2) is 8.78 Å². The summed E-state index contributed by atoms with van der Waals surface area (Å²) in [6, 6.07) is 9.24. The molecule has 120 valence electrons. The van der Waals surface area contributed by atoms with Gasteiger partial charge in [-0.3, -0.25) is 9.59 Å². The number of carbonyl (C=O) groups is 2. The van der Waals surface area contributed by atoms with E-state index < -0.39 is 29.5 Å². The fourth-order valence-electron chi connectivity index (χ4n) is 2.18. The molecule has 0 radical (unpaired) electrons. The fourth-order valence-corrected chi connectivity index (χ4v) is 2.18. The molecular weight excluding hydrogens is 302 g/mol. The van der Waals surface area contributed by atoms with Gasteiger partial charge in [0.15, 0.2) is 11.6 Å². The average molecular weight is 318 g/mol. The van der Waals surface area contributed by atoms with Gasteiger partial charge in [0.2, 0.25) is 5.91 Å². The van der Waals surface area contributed by atoms with Crippen LogP contribution in [0.1, 0.15) is 21.5 Å². The summed E-state index contributed by atoms with van der Waals surface area (Å²) < 4.78 is 26.1. The van der Waals surface area contributed by atoms with Gasteiger partial charge in [-0.05, 0) is 30.7 Å². The maximum absolute atomic E-state index is 13.2. The smallest absolute Gasteiger partial charge is 0.252 e. The van der Waals surface area contributed by atoms with Crippen LogP contribution in [0, 0.1) is 18.6 Å². The number of hydrogen-bond acceptors (Lipinski definition) is 2. The molecule has 0 bridgehead atoms. The number of carbonyl (C=O) groups excluding carboxylic acids is 2. The number of halogens is 2. The van der Waals surface area contributed by atoms with Crippen LogP contribution in [-0.2, 0) is 11.2 Å². The summed E-state index contributed by atoms with van der Waals surface area (Å²) in [6.45, 7) is 1.91. The average Bonchev–Trinajstić information content (AvgIpc) is 2.49. The predicted octanol–water partition coefficient (Wildman–Crippen LogP) is 2.10. The second-order valence-corrected chi connectivity index (χ2v) is 5.25. The van der Waals surface area contributed by atoms with Gasteiger partial charge in [-0.1, -0.05) is 29.8 Å². The van der Waals surface area contributed by atoms with Gasteiger partial charge in [0.1, 0.15) is 6.04 Å². The Labute approximate surface area is 132 Å². The molecule has 0 unspecified atom stereocenters. The number of aryl methyl sites for hydroxylation is 1. The van der Waals surface area contributed by atoms with Crippen molar-refractivity contribution in [3.8, 4) is 0 Å². The summed E-state index contributed by atoms with van der Waals surface area (Å²) in [6.07, 6.45) is 0.215. The molecule has 23 heavy (non-hydrogen) atoms. The Hall–Kier alpha value is -2.76. The number of nitrogens with one attached hydrogen (secondary N) is 1. The van der Waals surface area contributed by atoms with Gasteiger partial charge in [-0.2, -0.15) is 0 Å². The highest BCUT2D eigenvalue weighted by Crippen LogP contribution is 2.10. The monoisotopic (exact) mass is 318 g/mol. The SMILES string of the molecule is Cc1cccc(C[C@@H](NC(=O)c2ccc(F)c(F)c2)C(N)=O)c1. The molecule has 0 aliphatic rings. The number of nitrogens with two attached hydrogens (primary N) is 1. The lowest BCUT2D eigenvalue weighted by molar-refractivity contribution is -0.119. The van der Waals surface area contributed by atoms with Crippen molar-refractivity contribution in [2.45, 2.75) is 19.4 Å². The van der Waals surface area contributed by atoms with Gasteiger partial charge in [0.25, 0.3) is 5.91 Å². The predicted molar refractivity (Wildman–Crippen MR) is 81.7 cm³/mol. The van der Waals surface area contributed by atoms with E-state index in [1.165, 1.54) is 0 Å². The number of hydrogen-bond donors (Lipinski definition) is 2. The van der Waals surface area contributed by atoms with Gasteiger partial charge in [-0.15, -0.1) is 0 Å². The van der Waals surface area contributed by atoms with E-state index in [4.69, 9.17) is 5.73 Å². The summed E-state index contributed by atoms with van der Waals surface area (Å²) in [4.78, 5) is 23.6. The molecule has 0 aliphatic carbocycles. The minimum absolute atomic E-state index is 0.0839. The Morgan fingerprint density at radius 3 is 2.48 bits per heavy atom. The zero-order valence-electron chi connectivity index (χ0n) is 12.5. The van der Waals surface area contributed by atoms with Crippen molar-refractivity contribution in [2.24, 2.45) is 5.73 Å². The Balaban J connectivity index is 2.14. The van der Waals surface area contributed by atoms with Crippen LogP contribution in [0.25, 0.3) is 0 Å². The minimum atomic E-state index is -1.13. The molecule has 0 fully saturated rings. The Morgan fingerprint density at radius 2 is 1.87 bits per heavy atom. The van der Waals surface area contributed by atoms with E-state index >= 15 is 0 Å². The molecule has 3 N–H and O–H groups in total. The maximum atomic E-state index is 13.2. The molecule has 0 heterocycles. The van der Waals surface area contributed by atoms with Crippen molar-refractivity contribution in [3.05, 3.63) is 70.8 Å². The first-order valence-corrected chi connectivity index (χ1v) is 6.97. The second kappa shape index (κ2) is 7.00. The standard InChI is InChI=1S/C17H16F2N2O2/c1-10-3-2-4-11(7-10)8-15(16(20)22)21-17(23)12-5-6-13(18)14(19)9-12/h2-7,9,15H,8H2,1H3,(H2,20,22)(H,21,23)/t15-/m1/s1. The van der Waals surface area contributed by atoms with Gasteiger partial charge in [0.05, 0.1) is 0 Å². The molecule has 0 aromatic heterocycles. The highest BCUT2D eigenvalue weighted by molar-refractivity contribution is 5.97. The summed E-state index contributed by atoms with van der Waals surface area (Å²) in [5, 5.41) is 2.44. The van der Waals surface area contributed by atoms with E-state index in [1.54, 1.807) is 0 Å². The highest BCUT2D eigenvalue weighted by Gasteiger charge is 2.20. The third kappa shape index (κ3) is 4.35. The lowest BCUT2D eigenvalue weighted by Gasteiger charge is -2.16. The minimum Gasteiger partial charge on any atom is -0.368 e. The van der Waals surface area contributed by atoms with E-state index in [2.05, 4.69) is 5.32 Å². The first-order chi connectivity index (χ1) is 10.9. The number of rotatable bonds is 5. The molecule has 2 amide bonds. The molecule has 2 aromatic carbocycles. The van der Waals surface area contributed by atoms with Gasteiger partial charge >= 0.3 is 0 Å². The number of primary amides is 1. The zero-order valence-corrected chi connectivity index (χ0v) is 12.5. The van der Waals surface area contributed by atoms with E-state index in [-0.39, 0.29) is 12.0 Å². The van der Waals surface area contributed by atoms with Crippen molar-refractivity contribution in [2.75, 3.05) is 0 Å². The van der Waals surface area contributed by atoms with E-state index in [9.17, 15) is 18.4 Å². The normalized spacial score (nSPS) is 11.8. The molecule has 2 rings (SSSR count). The second-order valence-electron chi connectivity index (χ2n) is 5.25. The van der Waals surface area contributed by atoms with Crippen molar-refractivity contribution in [1.82, 2.24) is 5.32 Å². The van der Waals surface area contributed by atoms with Crippen molar-refractivity contribution >= 4 is 11.8 Å². The van der Waals surface area contributed by atoms with Crippen LogP contribution in [0.2, 0.25) is 0 Å². The Kier molecular flexibility index (Phi) is 5.05. The first kappa shape index (κ1) is 16.6. The van der Waals surface area contributed by atoms with Crippen LogP contribution in [0.3, 0.4) is 0 Å². The molecule has 0 spiro atoms. The van der Waals surface area contributed by atoms with Crippen molar-refractivity contribution < 1.29 is 18.4 Å². The van der Waals surface area contributed by atoms with Gasteiger partial charge < -0.3 is 11.1 Å². The largest absolute Gasteiger partial charge is 0.368 e. The van der Waals surface area contributed by atoms with Crippen LogP contribution in [0.4, 0.5) is 8.78 Å². The molecule has 1 atom stereocenters. The molecule has 6 heteroatoms. The van der Waals surface area contributed by atoms with Crippen LogP contribution < -0.4 is 11.1 Å². The fraction of sp³-hybridized carbons (Fsp3) is 0.176. The lowest BCUT2D eigenvalue weighted by atomic mass is 10.0. The van der Waals surface area contributed by atoms with Crippen LogP contribution in [0.15, 0.2) is 42.5 Å². The van der Waals surface area contributed by atoms with Gasteiger partial charge in [0, 0.05) is 12.0 Å². The Morgan fingerprint density at radius 1 is 1.13 bits per heavy atom. The topological polar surface area (TPSA) is 72.2 Å². The third-order valence-electron chi connectivity index (χ3n) is 3.35. The summed E-state index contributed by atoms with van der Waals surface area (Å²) in [7, 11) is 0. The van der Waals surface area contributed by atoms with E-state index in [0.717, 1.165) is 29.3 Å². The van der Waals surface area contributed by atoms with E-state index in [0.29, 0.717) is 0 Å². The summed E-state index contributed by atoms with van der Waals surface area (Å²) in [5.74, 6) is -3.58. The van der Waals surface area contributed by atoms with Crippen LogP contribution >= 0.6 is 0 Å². The van der Waals surface area contributed by atoms with Crippen LogP contribution in [-0.4, -0.2) is 17.9 Å². The molecular formula is C17H16F2N2O2. The summed E-state index contributed by atoms with van der Waals surface area (Å²) >= 11 is 0. The zero-order chi connectivity index (χ0) is 17.0. The van der Waals surface area contributed by atoms with Crippen molar-refractivity contribution in [1.29, 1.82) is 0 Å². The first-order valence-electron chi connectivity index (χ1n) is 6.97. The molecule has 0 aliphatic heterocycles. The number of amides is 2. The molecule has 0 saturated carbocycles. The molecule has 0 saturated heterocycles. The quantitative estimate of drug-likeness (QED) is 0.886. The van der Waals surface area contributed by atoms with Crippen molar-refractivity contribution in [3.63, 3.8) is 0 Å². The maximum Gasteiger partial charge on any atom is 0.252 e. The van der Waals surface area contributed by atoms with E-state index in [1.807, 2.05) is 31.2 Å². The molecule has 4 nitrogen and oxygen atoms in total. The third-order valence-corrected chi connectivity index (χ3v) is 3.35. The summed E-state index contributed by atoms with van der Waals surface area (Å²) in [5.41, 5.74) is 7.08. The molecule has 2 aromatic rings. The Bertz CT molecular complexity index is 747. The van der Waals surface area contributed by atoms with Crippen LogP contribution in [0.5, 0.6) is 0 Å². The lowest BCUT2D eigenvalue weighted by Crippen LogP contribution is -2.45. The number of benzene rings is 2.